The molecule has 0 fully saturated rings. The van der Waals surface area contributed by atoms with Crippen LogP contribution < -0.4 is 0 Å². The maximum Gasteiger partial charge on any atom is 0.136 e. The maximum atomic E-state index is 6.21. The van der Waals surface area contributed by atoms with Crippen molar-refractivity contribution in [2.75, 3.05) is 0 Å². The number of benzene rings is 4. The van der Waals surface area contributed by atoms with Gasteiger partial charge in [0, 0.05) is 16.3 Å². The zero-order chi connectivity index (χ0) is 20.5. The van der Waals surface area contributed by atoms with E-state index in [-0.39, 0.29) is 0 Å². The van der Waals surface area contributed by atoms with Crippen molar-refractivity contribution in [3.63, 3.8) is 0 Å². The molecule has 30 heavy (non-hydrogen) atoms. The Hall–Kier alpha value is -3.18. The highest BCUT2D eigenvalue weighted by molar-refractivity contribution is 14.1. The van der Waals surface area contributed by atoms with Crippen LogP contribution in [0.3, 0.4) is 0 Å². The number of halogens is 1. The van der Waals surface area contributed by atoms with Crippen LogP contribution >= 0.6 is 22.6 Å². The minimum absolute atomic E-state index is 0.746. The van der Waals surface area contributed by atoms with Crippen LogP contribution in [0.5, 0.6) is 0 Å². The first-order valence-corrected chi connectivity index (χ1v) is 10.8. The Kier molecular flexibility index (Phi) is 4.97. The maximum absolute atomic E-state index is 6.21. The van der Waals surface area contributed by atoms with E-state index in [0.29, 0.717) is 0 Å². The van der Waals surface area contributed by atoms with E-state index < -0.39 is 0 Å². The highest BCUT2D eigenvalue weighted by Gasteiger charge is 2.13. The zero-order valence-corrected chi connectivity index (χ0v) is 18.3. The Bertz CT molecular complexity index is 1400. The number of hydrogen-bond acceptors (Lipinski definition) is 2. The standard InChI is InChI=1S/C27H18INO/c1-18(19-9-4-2-5-10-19)29-27(28)21-15-16-23-25(17-21)30-24-14-8-13-22(26(23)24)20-11-6-3-7-12-20/h2-17H,1H2. The summed E-state index contributed by atoms with van der Waals surface area (Å²) in [5.41, 5.74) is 6.90. The van der Waals surface area contributed by atoms with E-state index in [1.54, 1.807) is 0 Å². The number of hydrogen-bond donors (Lipinski definition) is 0. The summed E-state index contributed by atoms with van der Waals surface area (Å²) in [6, 6.07) is 32.9. The van der Waals surface area contributed by atoms with Gasteiger partial charge in [-0.15, -0.1) is 0 Å². The van der Waals surface area contributed by atoms with E-state index in [0.717, 1.165) is 42.5 Å². The molecule has 5 aromatic rings. The molecule has 0 aliphatic heterocycles. The second-order valence-corrected chi connectivity index (χ2v) is 8.09. The van der Waals surface area contributed by atoms with Crippen molar-refractivity contribution < 1.29 is 4.42 Å². The molecule has 0 N–H and O–H groups in total. The van der Waals surface area contributed by atoms with E-state index in [9.17, 15) is 0 Å². The summed E-state index contributed by atoms with van der Waals surface area (Å²) in [6.07, 6.45) is 0. The minimum Gasteiger partial charge on any atom is -0.456 e. The molecule has 4 aromatic carbocycles. The van der Waals surface area contributed by atoms with Gasteiger partial charge in [-0.2, -0.15) is 0 Å². The topological polar surface area (TPSA) is 25.5 Å². The molecule has 144 valence electrons. The Balaban J connectivity index is 1.59. The predicted octanol–water partition coefficient (Wildman–Crippen LogP) is 8.11. The van der Waals surface area contributed by atoms with Crippen LogP contribution in [0.2, 0.25) is 0 Å². The molecule has 0 atom stereocenters. The summed E-state index contributed by atoms with van der Waals surface area (Å²) < 4.78 is 7.10. The van der Waals surface area contributed by atoms with Crippen LogP contribution in [0.25, 0.3) is 38.8 Å². The molecular formula is C27H18INO. The van der Waals surface area contributed by atoms with Crippen LogP contribution in [-0.2, 0) is 0 Å². The van der Waals surface area contributed by atoms with Crippen molar-refractivity contribution >= 4 is 53.9 Å². The molecular weight excluding hydrogens is 481 g/mol. The number of furan rings is 1. The van der Waals surface area contributed by atoms with E-state index in [4.69, 9.17) is 9.41 Å². The lowest BCUT2D eigenvalue weighted by Crippen LogP contribution is -1.91. The van der Waals surface area contributed by atoms with Crippen LogP contribution in [0.15, 0.2) is 113 Å². The Labute approximate surface area is 188 Å². The van der Waals surface area contributed by atoms with Gasteiger partial charge >= 0.3 is 0 Å². The third kappa shape index (κ3) is 3.46. The molecule has 1 heterocycles. The van der Waals surface area contributed by atoms with Crippen LogP contribution in [0, 0.1) is 0 Å². The largest absolute Gasteiger partial charge is 0.456 e. The first-order valence-electron chi connectivity index (χ1n) is 9.70. The average molecular weight is 499 g/mol. The molecule has 0 aliphatic carbocycles. The molecule has 1 aromatic heterocycles. The molecule has 0 bridgehead atoms. The van der Waals surface area contributed by atoms with Crippen LogP contribution in [0.1, 0.15) is 11.1 Å². The summed E-state index contributed by atoms with van der Waals surface area (Å²) in [5, 5.41) is 2.25. The van der Waals surface area contributed by atoms with Gasteiger partial charge in [-0.3, -0.25) is 0 Å². The van der Waals surface area contributed by atoms with Gasteiger partial charge in [-0.05, 0) is 57.5 Å². The molecule has 0 aliphatic rings. The second kappa shape index (κ2) is 7.92. The zero-order valence-electron chi connectivity index (χ0n) is 16.2. The molecule has 0 radical (unpaired) electrons. The second-order valence-electron chi connectivity index (χ2n) is 7.07. The van der Waals surface area contributed by atoms with Gasteiger partial charge in [0.15, 0.2) is 0 Å². The summed E-state index contributed by atoms with van der Waals surface area (Å²) in [5.74, 6) is 0. The third-order valence-electron chi connectivity index (χ3n) is 5.16. The molecule has 2 nitrogen and oxygen atoms in total. The van der Waals surface area contributed by atoms with E-state index in [1.807, 2.05) is 48.5 Å². The SMILES string of the molecule is C=C(N=C(I)c1ccc2c(c1)oc1cccc(-c3ccccc3)c12)c1ccccc1. The highest BCUT2D eigenvalue weighted by Crippen LogP contribution is 2.37. The van der Waals surface area contributed by atoms with Crippen molar-refractivity contribution in [3.8, 4) is 11.1 Å². The van der Waals surface area contributed by atoms with Crippen molar-refractivity contribution in [2.45, 2.75) is 0 Å². The fourth-order valence-electron chi connectivity index (χ4n) is 3.69. The summed E-state index contributed by atoms with van der Waals surface area (Å²) in [4.78, 5) is 4.71. The molecule has 0 saturated heterocycles. The lowest BCUT2D eigenvalue weighted by Gasteiger charge is -2.04. The predicted molar refractivity (Wildman–Crippen MR) is 135 cm³/mol. The average Bonchev–Trinajstić information content (AvgIpc) is 3.18. The van der Waals surface area contributed by atoms with E-state index >= 15 is 0 Å². The summed E-state index contributed by atoms with van der Waals surface area (Å²) in [7, 11) is 0. The normalized spacial score (nSPS) is 11.8. The van der Waals surface area contributed by atoms with Crippen LogP contribution in [-0.4, -0.2) is 3.72 Å². The van der Waals surface area contributed by atoms with E-state index in [2.05, 4.69) is 77.7 Å². The Morgan fingerprint density at radius 2 is 1.47 bits per heavy atom. The number of fused-ring (bicyclic) bond motifs is 3. The molecule has 3 heteroatoms. The quantitative estimate of drug-likeness (QED) is 0.181. The monoisotopic (exact) mass is 499 g/mol. The number of nitrogens with zero attached hydrogens (tertiary/aromatic N) is 1. The fraction of sp³-hybridized carbons (Fsp3) is 0. The third-order valence-corrected chi connectivity index (χ3v) is 6.02. The van der Waals surface area contributed by atoms with Gasteiger partial charge in [-0.1, -0.05) is 85.4 Å². The van der Waals surface area contributed by atoms with Crippen LogP contribution in [0.4, 0.5) is 0 Å². The van der Waals surface area contributed by atoms with Crippen molar-refractivity contribution in [2.24, 2.45) is 4.99 Å². The van der Waals surface area contributed by atoms with Crippen molar-refractivity contribution in [1.29, 1.82) is 0 Å². The molecule has 0 unspecified atom stereocenters. The van der Waals surface area contributed by atoms with Gasteiger partial charge in [0.05, 0.1) is 5.70 Å². The van der Waals surface area contributed by atoms with Gasteiger partial charge < -0.3 is 4.42 Å². The number of rotatable bonds is 4. The molecule has 0 spiro atoms. The molecule has 5 rings (SSSR count). The van der Waals surface area contributed by atoms with Gasteiger partial charge in [0.25, 0.3) is 0 Å². The Morgan fingerprint density at radius 3 is 2.23 bits per heavy atom. The van der Waals surface area contributed by atoms with Crippen molar-refractivity contribution in [3.05, 3.63) is 115 Å². The summed E-state index contributed by atoms with van der Waals surface area (Å²) >= 11 is 2.26. The summed E-state index contributed by atoms with van der Waals surface area (Å²) in [6.45, 7) is 4.12. The van der Waals surface area contributed by atoms with Gasteiger partial charge in [-0.25, -0.2) is 4.99 Å². The van der Waals surface area contributed by atoms with Gasteiger partial charge in [0.1, 0.15) is 14.9 Å². The lowest BCUT2D eigenvalue weighted by atomic mass is 9.99. The number of aliphatic imine (C=N–C) groups is 1. The Morgan fingerprint density at radius 1 is 0.733 bits per heavy atom. The fourth-order valence-corrected chi connectivity index (χ4v) is 4.32. The first kappa shape index (κ1) is 18.8. The minimum atomic E-state index is 0.746. The lowest BCUT2D eigenvalue weighted by molar-refractivity contribution is 0.669. The van der Waals surface area contributed by atoms with Crippen molar-refractivity contribution in [1.82, 2.24) is 0 Å². The van der Waals surface area contributed by atoms with E-state index in [1.165, 1.54) is 11.1 Å². The molecule has 0 amide bonds. The smallest absolute Gasteiger partial charge is 0.136 e. The highest BCUT2D eigenvalue weighted by atomic mass is 127. The molecule has 0 saturated carbocycles. The van der Waals surface area contributed by atoms with Gasteiger partial charge in [0.2, 0.25) is 0 Å². The first-order chi connectivity index (χ1) is 14.7.